The molecule has 212 valence electrons. The molecule has 1 saturated carbocycles. The fourth-order valence-electron chi connectivity index (χ4n) is 5.10. The summed E-state index contributed by atoms with van der Waals surface area (Å²) in [5, 5.41) is 10.0. The maximum Gasteiger partial charge on any atom is 0.417 e. The predicted molar refractivity (Wildman–Crippen MR) is 153 cm³/mol. The zero-order valence-electron chi connectivity index (χ0n) is 23.4. The first-order valence-corrected chi connectivity index (χ1v) is 13.8. The summed E-state index contributed by atoms with van der Waals surface area (Å²) in [4.78, 5) is 39.7. The first-order valence-electron chi connectivity index (χ1n) is 13.8. The van der Waals surface area contributed by atoms with Gasteiger partial charge in [-0.15, -0.1) is 0 Å². The van der Waals surface area contributed by atoms with Gasteiger partial charge in [-0.3, -0.25) is 0 Å². The maximum atomic E-state index is 13.0. The fourth-order valence-corrected chi connectivity index (χ4v) is 5.10. The van der Waals surface area contributed by atoms with Gasteiger partial charge in [0.1, 0.15) is 16.9 Å². The molecule has 0 atom stereocenters. The Kier molecular flexibility index (Phi) is 6.72. The molecule has 0 radical (unpaired) electrons. The summed E-state index contributed by atoms with van der Waals surface area (Å²) in [5.74, 6) is 0.537. The zero-order valence-corrected chi connectivity index (χ0v) is 23.4. The summed E-state index contributed by atoms with van der Waals surface area (Å²) in [6, 6.07) is 7.59. The van der Waals surface area contributed by atoms with Gasteiger partial charge in [-0.1, -0.05) is 12.5 Å². The Hall–Kier alpha value is -4.67. The number of ether oxygens (including phenoxy) is 1. The van der Waals surface area contributed by atoms with Gasteiger partial charge in [-0.25, -0.2) is 29.1 Å². The second-order valence-electron chi connectivity index (χ2n) is 11.7. The molecule has 1 aliphatic rings. The second-order valence-corrected chi connectivity index (χ2v) is 11.7. The number of hydrogen-bond acceptors (Lipinski definition) is 6. The number of amides is 1. The number of rotatable bonds is 7. The number of imidazole rings is 2. The Labute approximate surface area is 237 Å². The van der Waals surface area contributed by atoms with Crippen molar-refractivity contribution in [2.45, 2.75) is 58.7 Å². The third-order valence-corrected chi connectivity index (χ3v) is 7.30. The van der Waals surface area contributed by atoms with Gasteiger partial charge in [0.25, 0.3) is 0 Å². The quantitative estimate of drug-likeness (QED) is 0.275. The standard InChI is InChI=1S/C30H33N7O4/c1-30(2,3)41-29(40)36(13-20-5-4-6-20)15-21-7-8-26-33-24(17-35(26)14-21)16-34-18-25(32-19-34)23-11-22-9-10-37(28(38)39)27(22)31-12-23/h7-12,14,17-20H,4-6,13,15-16H2,1-3H3,(H,38,39). The highest BCUT2D eigenvalue weighted by Gasteiger charge is 2.27. The maximum absolute atomic E-state index is 13.0. The van der Waals surface area contributed by atoms with Crippen molar-refractivity contribution in [1.29, 1.82) is 0 Å². The molecule has 11 nitrogen and oxygen atoms in total. The second kappa shape index (κ2) is 10.4. The van der Waals surface area contributed by atoms with Gasteiger partial charge in [0.15, 0.2) is 0 Å². The Balaban J connectivity index is 1.17. The van der Waals surface area contributed by atoms with Crippen LogP contribution >= 0.6 is 0 Å². The normalized spacial score (nSPS) is 13.9. The van der Waals surface area contributed by atoms with Gasteiger partial charge in [0.2, 0.25) is 0 Å². The first kappa shape index (κ1) is 26.5. The molecule has 0 aliphatic heterocycles. The van der Waals surface area contributed by atoms with Crippen LogP contribution in [0.25, 0.3) is 27.9 Å². The summed E-state index contributed by atoms with van der Waals surface area (Å²) in [6.07, 6.45) is 13.0. The van der Waals surface area contributed by atoms with E-state index in [4.69, 9.17) is 9.72 Å². The molecule has 0 unspecified atom stereocenters. The van der Waals surface area contributed by atoms with Gasteiger partial charge in [-0.05, 0) is 63.3 Å². The van der Waals surface area contributed by atoms with Crippen LogP contribution in [-0.2, 0) is 17.8 Å². The van der Waals surface area contributed by atoms with Crippen molar-refractivity contribution >= 4 is 28.9 Å². The lowest BCUT2D eigenvalue weighted by Crippen LogP contribution is -2.40. The van der Waals surface area contributed by atoms with Crippen molar-refractivity contribution in [3.8, 4) is 11.3 Å². The van der Waals surface area contributed by atoms with E-state index in [-0.39, 0.29) is 6.09 Å². The molecule has 1 N–H and O–H groups in total. The molecule has 0 bridgehead atoms. The Bertz CT molecular complexity index is 1740. The van der Waals surface area contributed by atoms with Crippen molar-refractivity contribution < 1.29 is 19.4 Å². The summed E-state index contributed by atoms with van der Waals surface area (Å²) < 4.78 is 10.7. The van der Waals surface area contributed by atoms with Crippen LogP contribution in [0.1, 0.15) is 51.3 Å². The fraction of sp³-hybridized carbons (Fsp3) is 0.367. The van der Waals surface area contributed by atoms with Crippen LogP contribution in [0.3, 0.4) is 0 Å². The molecule has 5 aromatic heterocycles. The number of carboxylic acid groups (broad SMARTS) is 1. The number of aromatic nitrogens is 6. The highest BCUT2D eigenvalue weighted by molar-refractivity contribution is 5.88. The highest BCUT2D eigenvalue weighted by Crippen LogP contribution is 2.28. The summed E-state index contributed by atoms with van der Waals surface area (Å²) >= 11 is 0. The Morgan fingerprint density at radius 1 is 1.12 bits per heavy atom. The average Bonchev–Trinajstić information content (AvgIpc) is 3.61. The average molecular weight is 556 g/mol. The van der Waals surface area contributed by atoms with E-state index >= 15 is 0 Å². The van der Waals surface area contributed by atoms with Crippen LogP contribution in [-0.4, -0.2) is 62.8 Å². The number of fused-ring (bicyclic) bond motifs is 2. The monoisotopic (exact) mass is 555 g/mol. The first-order chi connectivity index (χ1) is 19.6. The third-order valence-electron chi connectivity index (χ3n) is 7.30. The molecule has 0 saturated heterocycles. The number of pyridine rings is 2. The molecule has 11 heteroatoms. The lowest BCUT2D eigenvalue weighted by molar-refractivity contribution is 0.0173. The van der Waals surface area contributed by atoms with Crippen molar-refractivity contribution in [3.63, 3.8) is 0 Å². The van der Waals surface area contributed by atoms with Crippen LogP contribution in [0.4, 0.5) is 9.59 Å². The molecular weight excluding hydrogens is 522 g/mol. The van der Waals surface area contributed by atoms with Gasteiger partial charge < -0.3 is 23.7 Å². The van der Waals surface area contributed by atoms with E-state index in [1.807, 2.05) is 71.4 Å². The van der Waals surface area contributed by atoms with E-state index in [0.29, 0.717) is 31.2 Å². The van der Waals surface area contributed by atoms with Crippen molar-refractivity contribution in [1.82, 2.24) is 33.4 Å². The summed E-state index contributed by atoms with van der Waals surface area (Å²) in [5.41, 5.74) is 4.10. The van der Waals surface area contributed by atoms with Crippen molar-refractivity contribution in [3.05, 3.63) is 72.8 Å². The number of carbonyl (C=O) groups excluding carboxylic acids is 1. The van der Waals surface area contributed by atoms with E-state index in [1.54, 1.807) is 18.6 Å². The minimum atomic E-state index is -1.07. The van der Waals surface area contributed by atoms with E-state index in [0.717, 1.165) is 51.0 Å². The van der Waals surface area contributed by atoms with Crippen molar-refractivity contribution in [2.24, 2.45) is 5.92 Å². The number of carbonyl (C=O) groups is 2. The molecule has 5 aromatic rings. The van der Waals surface area contributed by atoms with Crippen molar-refractivity contribution in [2.75, 3.05) is 6.54 Å². The molecule has 0 aromatic carbocycles. The van der Waals surface area contributed by atoms with E-state index in [2.05, 4.69) is 9.97 Å². The Morgan fingerprint density at radius 2 is 1.95 bits per heavy atom. The van der Waals surface area contributed by atoms with E-state index in [1.165, 1.54) is 12.6 Å². The van der Waals surface area contributed by atoms with Gasteiger partial charge in [-0.2, -0.15) is 0 Å². The third kappa shape index (κ3) is 5.79. The molecule has 6 rings (SSSR count). The number of hydrogen-bond donors (Lipinski definition) is 1. The minimum absolute atomic E-state index is 0.277. The van der Waals surface area contributed by atoms with Crippen LogP contribution < -0.4 is 0 Å². The molecule has 5 heterocycles. The Morgan fingerprint density at radius 3 is 2.68 bits per heavy atom. The van der Waals surface area contributed by atoms with E-state index < -0.39 is 11.7 Å². The van der Waals surface area contributed by atoms with Crippen LogP contribution in [0.5, 0.6) is 0 Å². The van der Waals surface area contributed by atoms with Crippen LogP contribution in [0.15, 0.2) is 61.6 Å². The topological polar surface area (TPSA) is 120 Å². The molecule has 41 heavy (non-hydrogen) atoms. The number of nitrogens with zero attached hydrogens (tertiary/aromatic N) is 7. The predicted octanol–water partition coefficient (Wildman–Crippen LogP) is 5.66. The van der Waals surface area contributed by atoms with Crippen LogP contribution in [0.2, 0.25) is 0 Å². The largest absolute Gasteiger partial charge is 0.464 e. The molecule has 0 spiro atoms. The lowest BCUT2D eigenvalue weighted by atomic mass is 9.85. The van der Waals surface area contributed by atoms with Gasteiger partial charge >= 0.3 is 12.2 Å². The SMILES string of the molecule is CC(C)(C)OC(=O)N(Cc1ccc2nc(Cn3cnc(-c4cnc5c(ccn5C(=O)O)c4)c3)cn2c1)CC1CCC1. The van der Waals surface area contributed by atoms with Gasteiger partial charge in [0, 0.05) is 48.5 Å². The highest BCUT2D eigenvalue weighted by atomic mass is 16.6. The van der Waals surface area contributed by atoms with E-state index in [9.17, 15) is 14.7 Å². The smallest absolute Gasteiger partial charge is 0.417 e. The summed E-state index contributed by atoms with van der Waals surface area (Å²) in [6.45, 7) is 7.39. The molecule has 1 fully saturated rings. The molecule has 1 amide bonds. The van der Waals surface area contributed by atoms with Crippen LogP contribution in [0, 0.1) is 5.92 Å². The zero-order chi connectivity index (χ0) is 28.7. The molecular formula is C30H33N7O4. The summed E-state index contributed by atoms with van der Waals surface area (Å²) in [7, 11) is 0. The van der Waals surface area contributed by atoms with Gasteiger partial charge in [0.05, 0.1) is 30.8 Å². The molecule has 1 aliphatic carbocycles. The lowest BCUT2D eigenvalue weighted by Gasteiger charge is -2.33. The minimum Gasteiger partial charge on any atom is -0.464 e.